The summed E-state index contributed by atoms with van der Waals surface area (Å²) in [7, 11) is 0. The summed E-state index contributed by atoms with van der Waals surface area (Å²) in [6, 6.07) is -0.286. The van der Waals surface area contributed by atoms with Crippen LogP contribution in [-0.2, 0) is 14.3 Å². The summed E-state index contributed by atoms with van der Waals surface area (Å²) in [6.07, 6.45) is -0.419. The number of alkyl halides is 1. The van der Waals surface area contributed by atoms with Gasteiger partial charge >= 0.3 is 6.09 Å². The Labute approximate surface area is 119 Å². The Hall–Kier alpha value is -0.810. The van der Waals surface area contributed by atoms with Gasteiger partial charge in [-0.1, -0.05) is 0 Å². The van der Waals surface area contributed by atoms with E-state index in [4.69, 9.17) is 21.1 Å². The van der Waals surface area contributed by atoms with Crippen LogP contribution in [0.3, 0.4) is 0 Å². The van der Waals surface area contributed by atoms with Crippen LogP contribution in [0.5, 0.6) is 0 Å². The molecule has 0 N–H and O–H groups in total. The van der Waals surface area contributed by atoms with Crippen molar-refractivity contribution in [1.29, 1.82) is 0 Å². The van der Waals surface area contributed by atoms with Gasteiger partial charge in [0.15, 0.2) is 5.78 Å². The molecule has 1 aliphatic rings. The maximum atomic E-state index is 12.1. The van der Waals surface area contributed by atoms with Gasteiger partial charge in [0.2, 0.25) is 0 Å². The number of hydrogen-bond donors (Lipinski definition) is 0. The van der Waals surface area contributed by atoms with Crippen molar-refractivity contribution in [1.82, 2.24) is 4.90 Å². The van der Waals surface area contributed by atoms with Crippen LogP contribution in [0.4, 0.5) is 4.79 Å². The van der Waals surface area contributed by atoms with E-state index in [1.165, 1.54) is 0 Å². The molecule has 0 aromatic carbocycles. The van der Waals surface area contributed by atoms with E-state index < -0.39 is 11.7 Å². The van der Waals surface area contributed by atoms with Crippen molar-refractivity contribution in [2.45, 2.75) is 39.3 Å². The van der Waals surface area contributed by atoms with Gasteiger partial charge in [0.05, 0.1) is 31.1 Å². The van der Waals surface area contributed by atoms with Crippen LogP contribution in [0.2, 0.25) is 0 Å². The lowest BCUT2D eigenvalue weighted by Crippen LogP contribution is -2.48. The van der Waals surface area contributed by atoms with Crippen molar-refractivity contribution in [2.24, 2.45) is 5.92 Å². The first-order chi connectivity index (χ1) is 8.80. The molecule has 0 aliphatic carbocycles. The number of rotatable bonds is 4. The van der Waals surface area contributed by atoms with E-state index in [9.17, 15) is 9.59 Å². The zero-order chi connectivity index (χ0) is 14.6. The largest absolute Gasteiger partial charge is 0.444 e. The van der Waals surface area contributed by atoms with Crippen LogP contribution >= 0.6 is 11.6 Å². The van der Waals surface area contributed by atoms with Crippen LogP contribution < -0.4 is 0 Å². The minimum Gasteiger partial charge on any atom is -0.444 e. The lowest BCUT2D eigenvalue weighted by Gasteiger charge is -2.32. The van der Waals surface area contributed by atoms with Crippen molar-refractivity contribution in [3.05, 3.63) is 0 Å². The molecule has 1 rings (SSSR count). The molecular weight excluding hydrogens is 270 g/mol. The predicted octanol–water partition coefficient (Wildman–Crippen LogP) is 2.07. The number of carbonyl (C=O) groups excluding carboxylic acids is 2. The number of nitrogens with zero attached hydrogens (tertiary/aromatic N) is 1. The van der Waals surface area contributed by atoms with Gasteiger partial charge in [-0.25, -0.2) is 4.79 Å². The zero-order valence-corrected chi connectivity index (χ0v) is 12.7. The van der Waals surface area contributed by atoms with Gasteiger partial charge in [-0.05, 0) is 27.7 Å². The summed E-state index contributed by atoms with van der Waals surface area (Å²) in [5, 5.41) is 0. The zero-order valence-electron chi connectivity index (χ0n) is 11.9. The van der Waals surface area contributed by atoms with E-state index >= 15 is 0 Å². The fourth-order valence-corrected chi connectivity index (χ4v) is 2.27. The van der Waals surface area contributed by atoms with E-state index in [-0.39, 0.29) is 23.6 Å². The summed E-state index contributed by atoms with van der Waals surface area (Å²) < 4.78 is 10.7. The molecule has 1 amide bonds. The van der Waals surface area contributed by atoms with Crippen LogP contribution in [-0.4, -0.2) is 54.1 Å². The Kier molecular flexibility index (Phi) is 5.62. The molecule has 0 radical (unpaired) electrons. The SMILES string of the molecule is CCN(C(=O)OC(C)(C)C)C1COCC1C(=O)CCl. The van der Waals surface area contributed by atoms with Gasteiger partial charge in [-0.2, -0.15) is 0 Å². The summed E-state index contributed by atoms with van der Waals surface area (Å²) in [4.78, 5) is 25.4. The highest BCUT2D eigenvalue weighted by atomic mass is 35.5. The summed E-state index contributed by atoms with van der Waals surface area (Å²) >= 11 is 5.59. The van der Waals surface area contributed by atoms with Crippen molar-refractivity contribution < 1.29 is 19.1 Å². The number of Topliss-reactive ketones (excluding diaryl/α,β-unsaturated/α-hetero) is 1. The number of ether oxygens (including phenoxy) is 2. The van der Waals surface area contributed by atoms with Gasteiger partial charge in [0, 0.05) is 6.54 Å². The van der Waals surface area contributed by atoms with Gasteiger partial charge in [-0.15, -0.1) is 11.6 Å². The Morgan fingerprint density at radius 2 is 2.00 bits per heavy atom. The van der Waals surface area contributed by atoms with Crippen LogP contribution in [0, 0.1) is 5.92 Å². The van der Waals surface area contributed by atoms with Crippen LogP contribution in [0.1, 0.15) is 27.7 Å². The third kappa shape index (κ3) is 4.35. The van der Waals surface area contributed by atoms with E-state index in [0.29, 0.717) is 19.8 Å². The highest BCUT2D eigenvalue weighted by Crippen LogP contribution is 2.23. The smallest absolute Gasteiger partial charge is 0.410 e. The fraction of sp³-hybridized carbons (Fsp3) is 0.846. The molecule has 1 saturated heterocycles. The average molecular weight is 292 g/mol. The van der Waals surface area contributed by atoms with Crippen LogP contribution in [0.25, 0.3) is 0 Å². The highest BCUT2D eigenvalue weighted by Gasteiger charge is 2.40. The lowest BCUT2D eigenvalue weighted by molar-refractivity contribution is -0.121. The first-order valence-corrected chi connectivity index (χ1v) is 6.99. The van der Waals surface area contributed by atoms with Gasteiger partial charge in [0.1, 0.15) is 5.60 Å². The molecule has 1 heterocycles. The third-order valence-electron chi connectivity index (χ3n) is 2.96. The molecule has 0 aromatic rings. The van der Waals surface area contributed by atoms with Crippen molar-refractivity contribution in [3.8, 4) is 0 Å². The highest BCUT2D eigenvalue weighted by molar-refractivity contribution is 6.28. The molecule has 0 spiro atoms. The number of ketones is 1. The third-order valence-corrected chi connectivity index (χ3v) is 3.23. The molecule has 110 valence electrons. The second kappa shape index (κ2) is 6.57. The van der Waals surface area contributed by atoms with Crippen LogP contribution in [0.15, 0.2) is 0 Å². The monoisotopic (exact) mass is 291 g/mol. The predicted molar refractivity (Wildman–Crippen MR) is 72.4 cm³/mol. The number of hydrogen-bond acceptors (Lipinski definition) is 4. The number of likely N-dealkylation sites (N-methyl/N-ethyl adjacent to an activating group) is 1. The molecule has 0 saturated carbocycles. The Balaban J connectivity index is 2.78. The molecular formula is C13H22ClNO4. The minimum atomic E-state index is -0.560. The van der Waals surface area contributed by atoms with Gasteiger partial charge in [0.25, 0.3) is 0 Å². The van der Waals surface area contributed by atoms with Gasteiger partial charge in [-0.3, -0.25) is 4.79 Å². The van der Waals surface area contributed by atoms with E-state index in [0.717, 1.165) is 0 Å². The second-order valence-corrected chi connectivity index (χ2v) is 5.84. The van der Waals surface area contributed by atoms with E-state index in [1.54, 1.807) is 4.90 Å². The molecule has 1 fully saturated rings. The summed E-state index contributed by atoms with van der Waals surface area (Å²) in [6.45, 7) is 8.41. The number of carbonyl (C=O) groups is 2. The topological polar surface area (TPSA) is 55.8 Å². The molecule has 19 heavy (non-hydrogen) atoms. The van der Waals surface area contributed by atoms with Gasteiger partial charge < -0.3 is 14.4 Å². The Morgan fingerprint density at radius 1 is 1.37 bits per heavy atom. The molecule has 0 aromatic heterocycles. The molecule has 6 heteroatoms. The minimum absolute atomic E-state index is 0.0591. The maximum Gasteiger partial charge on any atom is 0.410 e. The molecule has 0 bridgehead atoms. The van der Waals surface area contributed by atoms with Crippen molar-refractivity contribution >= 4 is 23.5 Å². The standard InChI is InChI=1S/C13H22ClNO4/c1-5-15(12(17)19-13(2,3)4)10-8-18-7-9(10)11(16)6-14/h9-10H,5-8H2,1-4H3. The van der Waals surface area contributed by atoms with Crippen molar-refractivity contribution in [3.63, 3.8) is 0 Å². The normalized spacial score (nSPS) is 23.2. The summed E-state index contributed by atoms with van der Waals surface area (Å²) in [5.74, 6) is -0.507. The molecule has 2 unspecified atom stereocenters. The van der Waals surface area contributed by atoms with E-state index in [1.807, 2.05) is 27.7 Å². The molecule has 2 atom stereocenters. The first-order valence-electron chi connectivity index (χ1n) is 6.46. The average Bonchev–Trinajstić information content (AvgIpc) is 2.75. The Bertz CT molecular complexity index is 340. The maximum absolute atomic E-state index is 12.1. The quantitative estimate of drug-likeness (QED) is 0.744. The fourth-order valence-electron chi connectivity index (χ4n) is 2.08. The lowest BCUT2D eigenvalue weighted by atomic mass is 9.98. The second-order valence-electron chi connectivity index (χ2n) is 5.58. The van der Waals surface area contributed by atoms with E-state index in [2.05, 4.69) is 0 Å². The number of amides is 1. The first kappa shape index (κ1) is 16.2. The van der Waals surface area contributed by atoms with Crippen molar-refractivity contribution in [2.75, 3.05) is 25.6 Å². The Morgan fingerprint density at radius 3 is 2.47 bits per heavy atom. The molecule has 1 aliphatic heterocycles. The number of halogens is 1. The molecule has 5 nitrogen and oxygen atoms in total. The summed E-state index contributed by atoms with van der Waals surface area (Å²) in [5.41, 5.74) is -0.560.